The van der Waals surface area contributed by atoms with Gasteiger partial charge in [0, 0.05) is 12.4 Å². The van der Waals surface area contributed by atoms with Crippen molar-refractivity contribution in [1.82, 2.24) is 9.97 Å². The summed E-state index contributed by atoms with van der Waals surface area (Å²) in [6.07, 6.45) is 3.17. The van der Waals surface area contributed by atoms with Gasteiger partial charge < -0.3 is 10.4 Å². The van der Waals surface area contributed by atoms with Gasteiger partial charge in [0.1, 0.15) is 17.2 Å². The molecule has 5 heteroatoms. The van der Waals surface area contributed by atoms with Gasteiger partial charge in [-0.05, 0) is 30.7 Å². The van der Waals surface area contributed by atoms with Crippen molar-refractivity contribution < 1.29 is 9.90 Å². The Bertz CT molecular complexity index is 555. The van der Waals surface area contributed by atoms with Gasteiger partial charge >= 0.3 is 5.97 Å². The Hall–Kier alpha value is -2.43. The van der Waals surface area contributed by atoms with Crippen molar-refractivity contribution >= 4 is 17.6 Å². The van der Waals surface area contributed by atoms with Gasteiger partial charge in [-0.1, -0.05) is 6.07 Å². The normalized spacial score (nSPS) is 9.94. The van der Waals surface area contributed by atoms with E-state index in [-0.39, 0.29) is 5.56 Å². The van der Waals surface area contributed by atoms with Crippen LogP contribution in [0, 0.1) is 6.92 Å². The molecule has 0 saturated carbocycles. The van der Waals surface area contributed by atoms with Crippen LogP contribution in [0.1, 0.15) is 15.9 Å². The lowest BCUT2D eigenvalue weighted by molar-refractivity contribution is 0.0697. The van der Waals surface area contributed by atoms with Gasteiger partial charge in [-0.2, -0.15) is 0 Å². The molecule has 2 rings (SSSR count). The molecule has 0 aliphatic carbocycles. The molecule has 0 unspecified atom stereocenters. The smallest absolute Gasteiger partial charge is 0.339 e. The summed E-state index contributed by atoms with van der Waals surface area (Å²) < 4.78 is 0. The molecule has 0 radical (unpaired) electrons. The van der Waals surface area contributed by atoms with Crippen LogP contribution in [0.15, 0.2) is 36.7 Å². The first-order valence-corrected chi connectivity index (χ1v) is 5.05. The van der Waals surface area contributed by atoms with E-state index in [0.717, 1.165) is 5.56 Å². The average molecular weight is 229 g/mol. The Kier molecular flexibility index (Phi) is 3.00. The summed E-state index contributed by atoms with van der Waals surface area (Å²) in [5.74, 6) is -0.121. The van der Waals surface area contributed by atoms with E-state index >= 15 is 0 Å². The van der Waals surface area contributed by atoms with Crippen LogP contribution in [0.3, 0.4) is 0 Å². The number of aromatic carboxylic acids is 1. The van der Waals surface area contributed by atoms with Crippen LogP contribution in [-0.2, 0) is 0 Å². The van der Waals surface area contributed by atoms with Crippen LogP contribution in [-0.4, -0.2) is 21.0 Å². The lowest BCUT2D eigenvalue weighted by Crippen LogP contribution is -2.05. The van der Waals surface area contributed by atoms with Crippen molar-refractivity contribution in [2.45, 2.75) is 6.92 Å². The topological polar surface area (TPSA) is 75.1 Å². The number of pyridine rings is 2. The Morgan fingerprint density at radius 3 is 2.47 bits per heavy atom. The quantitative estimate of drug-likeness (QED) is 0.844. The van der Waals surface area contributed by atoms with Crippen molar-refractivity contribution in [3.8, 4) is 0 Å². The second-order valence-electron chi connectivity index (χ2n) is 3.50. The molecule has 0 spiro atoms. The number of hydrogen-bond donors (Lipinski definition) is 2. The summed E-state index contributed by atoms with van der Waals surface area (Å²) in [5, 5.41) is 11.9. The van der Waals surface area contributed by atoms with Crippen LogP contribution in [0.25, 0.3) is 0 Å². The molecular formula is C12H11N3O2. The van der Waals surface area contributed by atoms with E-state index in [1.165, 1.54) is 12.3 Å². The summed E-state index contributed by atoms with van der Waals surface area (Å²) in [6.45, 7) is 1.89. The third kappa shape index (κ3) is 2.39. The molecule has 86 valence electrons. The summed E-state index contributed by atoms with van der Waals surface area (Å²) in [7, 11) is 0. The fourth-order valence-electron chi connectivity index (χ4n) is 1.41. The second kappa shape index (κ2) is 4.61. The maximum atomic E-state index is 11.0. The van der Waals surface area contributed by atoms with Crippen molar-refractivity contribution in [2.75, 3.05) is 5.32 Å². The number of aryl methyl sites for hydroxylation is 1. The molecule has 2 aromatic rings. The molecule has 0 atom stereocenters. The van der Waals surface area contributed by atoms with Crippen molar-refractivity contribution in [2.24, 2.45) is 0 Å². The monoisotopic (exact) mass is 229 g/mol. The van der Waals surface area contributed by atoms with Crippen LogP contribution in [0.4, 0.5) is 11.6 Å². The zero-order chi connectivity index (χ0) is 12.3. The van der Waals surface area contributed by atoms with Gasteiger partial charge in [-0.15, -0.1) is 0 Å². The molecule has 17 heavy (non-hydrogen) atoms. The van der Waals surface area contributed by atoms with Crippen LogP contribution < -0.4 is 5.32 Å². The van der Waals surface area contributed by atoms with Crippen molar-refractivity contribution in [3.05, 3.63) is 47.8 Å². The molecule has 0 saturated heterocycles. The van der Waals surface area contributed by atoms with Gasteiger partial charge in [0.25, 0.3) is 0 Å². The van der Waals surface area contributed by atoms with Gasteiger partial charge in [-0.25, -0.2) is 14.8 Å². The van der Waals surface area contributed by atoms with E-state index in [1.54, 1.807) is 12.3 Å². The highest BCUT2D eigenvalue weighted by atomic mass is 16.4. The first-order valence-electron chi connectivity index (χ1n) is 5.05. The molecule has 0 aliphatic heterocycles. The Morgan fingerprint density at radius 1 is 1.18 bits per heavy atom. The maximum absolute atomic E-state index is 11.0. The lowest BCUT2D eigenvalue weighted by Gasteiger charge is -2.09. The Balaban J connectivity index is 2.37. The zero-order valence-electron chi connectivity index (χ0n) is 9.21. The van der Waals surface area contributed by atoms with Crippen molar-refractivity contribution in [3.63, 3.8) is 0 Å². The molecule has 5 nitrogen and oxygen atoms in total. The molecule has 2 aromatic heterocycles. The highest BCUT2D eigenvalue weighted by Crippen LogP contribution is 2.18. The molecular weight excluding hydrogens is 218 g/mol. The number of nitrogens with one attached hydrogen (secondary N) is 1. The number of hydrogen-bond acceptors (Lipinski definition) is 4. The minimum Gasteiger partial charge on any atom is -0.478 e. The average Bonchev–Trinajstić information content (AvgIpc) is 2.32. The molecule has 0 fully saturated rings. The van der Waals surface area contributed by atoms with E-state index < -0.39 is 5.97 Å². The van der Waals surface area contributed by atoms with Crippen LogP contribution in [0.2, 0.25) is 0 Å². The van der Waals surface area contributed by atoms with Gasteiger partial charge in [0.05, 0.1) is 0 Å². The van der Waals surface area contributed by atoms with E-state index in [2.05, 4.69) is 15.3 Å². The van der Waals surface area contributed by atoms with Crippen LogP contribution >= 0.6 is 0 Å². The fraction of sp³-hybridized carbons (Fsp3) is 0.0833. The molecule has 2 N–H and O–H groups in total. The third-order valence-electron chi connectivity index (χ3n) is 2.28. The summed E-state index contributed by atoms with van der Waals surface area (Å²) >= 11 is 0. The summed E-state index contributed by atoms with van der Waals surface area (Å²) in [6, 6.07) is 6.78. The summed E-state index contributed by atoms with van der Waals surface area (Å²) in [4.78, 5) is 19.1. The predicted molar refractivity (Wildman–Crippen MR) is 63.5 cm³/mol. The van der Waals surface area contributed by atoms with Gasteiger partial charge in [0.15, 0.2) is 0 Å². The van der Waals surface area contributed by atoms with E-state index in [4.69, 9.17) is 5.11 Å². The molecule has 2 heterocycles. The van der Waals surface area contributed by atoms with E-state index in [1.807, 2.05) is 19.1 Å². The summed E-state index contributed by atoms with van der Waals surface area (Å²) in [5.41, 5.74) is 1.05. The number of carboxylic acids is 1. The van der Waals surface area contributed by atoms with Crippen LogP contribution in [0.5, 0.6) is 0 Å². The highest BCUT2D eigenvalue weighted by molar-refractivity contribution is 5.93. The largest absolute Gasteiger partial charge is 0.478 e. The molecule has 0 amide bonds. The van der Waals surface area contributed by atoms with Crippen molar-refractivity contribution in [1.29, 1.82) is 0 Å². The van der Waals surface area contributed by atoms with E-state index in [9.17, 15) is 4.79 Å². The van der Waals surface area contributed by atoms with Gasteiger partial charge in [0.2, 0.25) is 0 Å². The number of rotatable bonds is 3. The molecule has 0 aliphatic rings. The molecule has 0 aromatic carbocycles. The number of carbonyl (C=O) groups is 1. The first kappa shape index (κ1) is 11.1. The SMILES string of the molecule is Cc1cccnc1Nc1ncccc1C(=O)O. The first-order chi connectivity index (χ1) is 8.18. The number of carboxylic acid groups (broad SMARTS) is 1. The van der Waals surface area contributed by atoms with E-state index in [0.29, 0.717) is 11.6 Å². The zero-order valence-corrected chi connectivity index (χ0v) is 9.21. The number of aromatic nitrogens is 2. The molecule has 0 bridgehead atoms. The Morgan fingerprint density at radius 2 is 1.82 bits per heavy atom. The third-order valence-corrected chi connectivity index (χ3v) is 2.28. The maximum Gasteiger partial charge on any atom is 0.339 e. The second-order valence-corrected chi connectivity index (χ2v) is 3.50. The minimum atomic E-state index is -1.02. The minimum absolute atomic E-state index is 0.123. The highest BCUT2D eigenvalue weighted by Gasteiger charge is 2.11. The Labute approximate surface area is 98.2 Å². The number of nitrogens with zero attached hydrogens (tertiary/aromatic N) is 2. The predicted octanol–water partition coefficient (Wildman–Crippen LogP) is 2.23. The van der Waals surface area contributed by atoms with Gasteiger partial charge in [-0.3, -0.25) is 0 Å². The standard InChI is InChI=1S/C12H11N3O2/c1-8-4-2-6-13-10(8)15-11-9(12(16)17)5-3-7-14-11/h2-7H,1H3,(H,16,17)(H,13,14,15). The number of anilines is 2. The fourth-order valence-corrected chi connectivity index (χ4v) is 1.41. The lowest BCUT2D eigenvalue weighted by atomic mass is 10.2.